The highest BCUT2D eigenvalue weighted by Gasteiger charge is 2.42. The summed E-state index contributed by atoms with van der Waals surface area (Å²) in [5.74, 6) is 0.603. The van der Waals surface area contributed by atoms with Gasteiger partial charge in [0, 0.05) is 31.0 Å². The van der Waals surface area contributed by atoms with Crippen molar-refractivity contribution in [2.45, 2.75) is 43.6 Å². The number of aromatic nitrogens is 2. The Kier molecular flexibility index (Phi) is 3.69. The molecule has 2 aliphatic heterocycles. The van der Waals surface area contributed by atoms with Crippen LogP contribution in [0.25, 0.3) is 0 Å². The summed E-state index contributed by atoms with van der Waals surface area (Å²) in [5, 5.41) is 14.6. The predicted octanol–water partition coefficient (Wildman–Crippen LogP) is 2.70. The fraction of sp³-hybridized carbons (Fsp3) is 0.579. The van der Waals surface area contributed by atoms with Gasteiger partial charge >= 0.3 is 0 Å². The smallest absolute Gasteiger partial charge is 0.131 e. The topological polar surface area (TPSA) is 41.1 Å². The fourth-order valence-electron chi connectivity index (χ4n) is 4.67. The third kappa shape index (κ3) is 2.50. The summed E-state index contributed by atoms with van der Waals surface area (Å²) in [7, 11) is 0. The van der Waals surface area contributed by atoms with Crippen molar-refractivity contribution in [1.82, 2.24) is 20.4 Å². The van der Waals surface area contributed by atoms with Gasteiger partial charge in [0.1, 0.15) is 10.0 Å². The lowest BCUT2D eigenvalue weighted by atomic mass is 9.69. The van der Waals surface area contributed by atoms with Crippen LogP contribution in [-0.2, 0) is 18.4 Å². The van der Waals surface area contributed by atoms with Crippen LogP contribution in [0.2, 0.25) is 0 Å². The first-order valence-corrected chi connectivity index (χ1v) is 9.98. The quantitative estimate of drug-likeness (QED) is 0.933. The second-order valence-electron chi connectivity index (χ2n) is 7.64. The van der Waals surface area contributed by atoms with E-state index in [0.29, 0.717) is 11.3 Å². The van der Waals surface area contributed by atoms with Crippen molar-refractivity contribution in [3.63, 3.8) is 0 Å². The van der Waals surface area contributed by atoms with Gasteiger partial charge < -0.3 is 5.32 Å². The number of nitrogens with one attached hydrogen (secondary N) is 1. The van der Waals surface area contributed by atoms with Crippen molar-refractivity contribution in [3.8, 4) is 0 Å². The van der Waals surface area contributed by atoms with E-state index in [9.17, 15) is 0 Å². The maximum absolute atomic E-state index is 4.46. The lowest BCUT2D eigenvalue weighted by Gasteiger charge is -2.36. The summed E-state index contributed by atoms with van der Waals surface area (Å²) in [4.78, 5) is 2.60. The van der Waals surface area contributed by atoms with Gasteiger partial charge in [-0.1, -0.05) is 35.6 Å². The second kappa shape index (κ2) is 5.90. The van der Waals surface area contributed by atoms with E-state index in [1.807, 2.05) is 11.3 Å². The van der Waals surface area contributed by atoms with Gasteiger partial charge in [0.05, 0.1) is 6.54 Å². The zero-order chi connectivity index (χ0) is 16.0. The van der Waals surface area contributed by atoms with Crippen LogP contribution in [0, 0.1) is 0 Å². The predicted molar refractivity (Wildman–Crippen MR) is 96.5 cm³/mol. The second-order valence-corrected chi connectivity index (χ2v) is 8.73. The summed E-state index contributed by atoms with van der Waals surface area (Å²) >= 11 is 1.82. The number of rotatable bonds is 3. The molecule has 0 bridgehead atoms. The van der Waals surface area contributed by atoms with Crippen LogP contribution < -0.4 is 5.32 Å². The van der Waals surface area contributed by atoms with E-state index in [2.05, 4.69) is 44.7 Å². The van der Waals surface area contributed by atoms with E-state index >= 15 is 0 Å². The molecule has 2 saturated heterocycles. The van der Waals surface area contributed by atoms with E-state index in [1.54, 1.807) is 11.1 Å². The molecule has 1 N–H and O–H groups in total. The number of aryl methyl sites for hydroxylation is 1. The van der Waals surface area contributed by atoms with Gasteiger partial charge in [0.2, 0.25) is 0 Å². The van der Waals surface area contributed by atoms with Crippen LogP contribution in [0.4, 0.5) is 0 Å². The Bertz CT molecular complexity index is 738. The molecule has 24 heavy (non-hydrogen) atoms. The van der Waals surface area contributed by atoms with Gasteiger partial charge in [-0.25, -0.2) is 0 Å². The highest BCUT2D eigenvalue weighted by atomic mass is 32.1. The third-order valence-electron chi connectivity index (χ3n) is 6.10. The third-order valence-corrected chi connectivity index (χ3v) is 7.17. The van der Waals surface area contributed by atoms with E-state index in [-0.39, 0.29) is 0 Å². The molecule has 1 aromatic heterocycles. The van der Waals surface area contributed by atoms with Crippen LogP contribution in [0.3, 0.4) is 0 Å². The van der Waals surface area contributed by atoms with Crippen LogP contribution in [0.1, 0.15) is 46.3 Å². The van der Waals surface area contributed by atoms with Crippen LogP contribution in [0.15, 0.2) is 24.3 Å². The van der Waals surface area contributed by atoms with Gasteiger partial charge in [-0.05, 0) is 43.4 Å². The summed E-state index contributed by atoms with van der Waals surface area (Å²) in [6.45, 7) is 5.48. The lowest BCUT2D eigenvalue weighted by Crippen LogP contribution is -2.39. The molecule has 0 saturated carbocycles. The molecule has 2 fully saturated rings. The van der Waals surface area contributed by atoms with Crippen LogP contribution in [0.5, 0.6) is 0 Å². The molecule has 1 aliphatic carbocycles. The van der Waals surface area contributed by atoms with Crippen molar-refractivity contribution in [3.05, 3.63) is 45.4 Å². The molecule has 1 spiro atoms. The van der Waals surface area contributed by atoms with Crippen LogP contribution >= 0.6 is 11.3 Å². The van der Waals surface area contributed by atoms with Crippen molar-refractivity contribution < 1.29 is 0 Å². The molecule has 0 amide bonds. The van der Waals surface area contributed by atoms with Crippen molar-refractivity contribution >= 4 is 11.3 Å². The molecule has 4 nitrogen and oxygen atoms in total. The maximum atomic E-state index is 4.46. The highest BCUT2D eigenvalue weighted by Crippen LogP contribution is 2.44. The molecule has 126 valence electrons. The monoisotopic (exact) mass is 340 g/mol. The largest absolute Gasteiger partial charge is 0.315 e. The molecular weight excluding hydrogens is 316 g/mol. The van der Waals surface area contributed by atoms with Crippen molar-refractivity contribution in [1.29, 1.82) is 0 Å². The van der Waals surface area contributed by atoms with Gasteiger partial charge in [-0.15, -0.1) is 10.2 Å². The maximum Gasteiger partial charge on any atom is 0.131 e. The number of hydrogen-bond acceptors (Lipinski definition) is 5. The summed E-state index contributed by atoms with van der Waals surface area (Å²) in [5.41, 5.74) is 3.60. The van der Waals surface area contributed by atoms with E-state index < -0.39 is 0 Å². The first-order valence-electron chi connectivity index (χ1n) is 9.16. The normalized spacial score (nSPS) is 27.3. The Morgan fingerprint density at radius 1 is 1.21 bits per heavy atom. The zero-order valence-electron chi connectivity index (χ0n) is 14.0. The average Bonchev–Trinajstić information content (AvgIpc) is 3.15. The SMILES string of the molecule is c1ccc2c(c1)CCCC21CCN(Cc2nnc(C3CNC3)s2)C1. The molecule has 0 radical (unpaired) electrons. The fourth-order valence-corrected chi connectivity index (χ4v) is 5.66. The Morgan fingerprint density at radius 2 is 2.12 bits per heavy atom. The average molecular weight is 340 g/mol. The first-order chi connectivity index (χ1) is 11.8. The van der Waals surface area contributed by atoms with E-state index in [1.165, 1.54) is 48.8 Å². The zero-order valence-corrected chi connectivity index (χ0v) is 14.8. The molecule has 3 heterocycles. The molecule has 5 heteroatoms. The summed E-state index contributed by atoms with van der Waals surface area (Å²) < 4.78 is 0. The van der Waals surface area contributed by atoms with Gasteiger partial charge in [0.15, 0.2) is 0 Å². The van der Waals surface area contributed by atoms with Crippen LogP contribution in [-0.4, -0.2) is 41.3 Å². The molecule has 1 unspecified atom stereocenters. The standard InChI is InChI=1S/C19H24N4S/c1-2-6-16-14(4-1)5-3-7-19(16)8-9-23(13-19)12-17-21-22-18(24-17)15-10-20-11-15/h1-2,4,6,15,20H,3,5,7-13H2. The number of benzene rings is 1. The Balaban J connectivity index is 1.31. The summed E-state index contributed by atoms with van der Waals surface area (Å²) in [6.07, 6.45) is 5.23. The molecule has 2 aromatic rings. The molecule has 5 rings (SSSR count). The van der Waals surface area contributed by atoms with E-state index in [4.69, 9.17) is 0 Å². The minimum absolute atomic E-state index is 0.389. The van der Waals surface area contributed by atoms with Gasteiger partial charge in [0.25, 0.3) is 0 Å². The van der Waals surface area contributed by atoms with Gasteiger partial charge in [-0.2, -0.15) is 0 Å². The first kappa shape index (κ1) is 15.0. The highest BCUT2D eigenvalue weighted by molar-refractivity contribution is 7.11. The molecular formula is C19H24N4S. The van der Waals surface area contributed by atoms with Crippen molar-refractivity contribution in [2.24, 2.45) is 0 Å². The summed E-state index contributed by atoms with van der Waals surface area (Å²) in [6, 6.07) is 9.13. The Hall–Kier alpha value is -1.30. The number of hydrogen-bond donors (Lipinski definition) is 1. The molecule has 1 aromatic carbocycles. The minimum Gasteiger partial charge on any atom is -0.315 e. The number of likely N-dealkylation sites (tertiary alicyclic amines) is 1. The lowest BCUT2D eigenvalue weighted by molar-refractivity contribution is 0.286. The van der Waals surface area contributed by atoms with Crippen molar-refractivity contribution in [2.75, 3.05) is 26.2 Å². The molecule has 1 atom stereocenters. The van der Waals surface area contributed by atoms with Gasteiger partial charge in [-0.3, -0.25) is 4.90 Å². The Morgan fingerprint density at radius 3 is 3.00 bits per heavy atom. The van der Waals surface area contributed by atoms with E-state index in [0.717, 1.165) is 19.6 Å². The minimum atomic E-state index is 0.389. The number of nitrogens with zero attached hydrogens (tertiary/aromatic N) is 3. The molecule has 3 aliphatic rings. The number of fused-ring (bicyclic) bond motifs is 2. The Labute approximate surface area is 147 Å².